The summed E-state index contributed by atoms with van der Waals surface area (Å²) >= 11 is 0. The van der Waals surface area contributed by atoms with Crippen LogP contribution in [0.3, 0.4) is 0 Å². The number of methoxy groups -OCH3 is 1. The third-order valence-electron chi connectivity index (χ3n) is 3.29. The van der Waals surface area contributed by atoms with E-state index in [-0.39, 0.29) is 12.3 Å². The van der Waals surface area contributed by atoms with Gasteiger partial charge >= 0.3 is 5.97 Å². The lowest BCUT2D eigenvalue weighted by Gasteiger charge is -2.28. The molecule has 1 aliphatic rings. The summed E-state index contributed by atoms with van der Waals surface area (Å²) < 4.78 is 10.4. The van der Waals surface area contributed by atoms with Crippen LogP contribution in [0.2, 0.25) is 0 Å². The van der Waals surface area contributed by atoms with E-state index < -0.39 is 16.4 Å². The van der Waals surface area contributed by atoms with Crippen LogP contribution < -0.4 is 10.1 Å². The van der Waals surface area contributed by atoms with Crippen molar-refractivity contribution in [3.8, 4) is 5.75 Å². The first-order chi connectivity index (χ1) is 9.94. The predicted molar refractivity (Wildman–Crippen MR) is 75.2 cm³/mol. The summed E-state index contributed by atoms with van der Waals surface area (Å²) in [6.07, 6.45) is 2.03. The standard InChI is InChI=1S/C14H18N2O5/c1-14(13(17)20-2,15-10-6-7-10)9-21-12-5-3-4-11(8-12)16(18)19/h3-5,8,10,15H,6-7,9H2,1-2H3. The number of benzene rings is 1. The molecule has 1 atom stereocenters. The van der Waals surface area contributed by atoms with Gasteiger partial charge in [-0.1, -0.05) is 6.07 Å². The van der Waals surface area contributed by atoms with Gasteiger partial charge in [0.2, 0.25) is 0 Å². The fourth-order valence-electron chi connectivity index (χ4n) is 1.98. The Morgan fingerprint density at radius 2 is 2.24 bits per heavy atom. The molecule has 7 heteroatoms. The summed E-state index contributed by atoms with van der Waals surface area (Å²) in [7, 11) is 1.32. The van der Waals surface area contributed by atoms with Crippen LogP contribution in [0.5, 0.6) is 5.75 Å². The monoisotopic (exact) mass is 294 g/mol. The highest BCUT2D eigenvalue weighted by atomic mass is 16.6. The van der Waals surface area contributed by atoms with Crippen LogP contribution in [0.25, 0.3) is 0 Å². The number of hydrogen-bond acceptors (Lipinski definition) is 6. The van der Waals surface area contributed by atoms with E-state index in [4.69, 9.17) is 9.47 Å². The number of nitrogens with zero attached hydrogens (tertiary/aromatic N) is 1. The van der Waals surface area contributed by atoms with Crippen LogP contribution in [0, 0.1) is 10.1 Å². The average molecular weight is 294 g/mol. The smallest absolute Gasteiger partial charge is 0.329 e. The summed E-state index contributed by atoms with van der Waals surface area (Å²) in [6.45, 7) is 1.74. The lowest BCUT2D eigenvalue weighted by molar-refractivity contribution is -0.384. The number of nitro groups is 1. The van der Waals surface area contributed by atoms with Crippen molar-refractivity contribution in [2.45, 2.75) is 31.3 Å². The Balaban J connectivity index is 2.05. The maximum absolute atomic E-state index is 11.9. The van der Waals surface area contributed by atoms with Crippen molar-refractivity contribution in [2.24, 2.45) is 0 Å². The van der Waals surface area contributed by atoms with Crippen LogP contribution in [0.1, 0.15) is 19.8 Å². The molecule has 1 unspecified atom stereocenters. The van der Waals surface area contributed by atoms with Crippen molar-refractivity contribution in [1.82, 2.24) is 5.32 Å². The quantitative estimate of drug-likeness (QED) is 0.467. The zero-order valence-electron chi connectivity index (χ0n) is 12.0. The molecular weight excluding hydrogens is 276 g/mol. The second-order valence-corrected chi connectivity index (χ2v) is 5.29. The number of esters is 1. The van der Waals surface area contributed by atoms with E-state index in [1.165, 1.54) is 25.3 Å². The van der Waals surface area contributed by atoms with E-state index in [2.05, 4.69) is 5.32 Å². The minimum Gasteiger partial charge on any atom is -0.491 e. The van der Waals surface area contributed by atoms with Gasteiger partial charge in [0.15, 0.2) is 0 Å². The van der Waals surface area contributed by atoms with Gasteiger partial charge in [-0.3, -0.25) is 15.4 Å². The number of non-ortho nitro benzene ring substituents is 1. The van der Waals surface area contributed by atoms with Gasteiger partial charge in [0.05, 0.1) is 18.1 Å². The van der Waals surface area contributed by atoms with Crippen LogP contribution in [-0.4, -0.2) is 36.2 Å². The summed E-state index contributed by atoms with van der Waals surface area (Å²) in [4.78, 5) is 22.2. The zero-order valence-corrected chi connectivity index (χ0v) is 12.0. The van der Waals surface area contributed by atoms with E-state index in [1.807, 2.05) is 0 Å². The fourth-order valence-corrected chi connectivity index (χ4v) is 1.98. The number of carbonyl (C=O) groups excluding carboxylic acids is 1. The van der Waals surface area contributed by atoms with Gasteiger partial charge in [0, 0.05) is 12.1 Å². The van der Waals surface area contributed by atoms with Crippen molar-refractivity contribution in [3.63, 3.8) is 0 Å². The number of nitrogens with one attached hydrogen (secondary N) is 1. The molecule has 114 valence electrons. The molecule has 0 bridgehead atoms. The Kier molecular flexibility index (Phi) is 4.42. The molecule has 1 N–H and O–H groups in total. The molecule has 0 aromatic heterocycles. The summed E-state index contributed by atoms with van der Waals surface area (Å²) in [5.41, 5.74) is -1.03. The van der Waals surface area contributed by atoms with Gasteiger partial charge in [-0.15, -0.1) is 0 Å². The van der Waals surface area contributed by atoms with Gasteiger partial charge < -0.3 is 9.47 Å². The van der Waals surface area contributed by atoms with Crippen molar-refractivity contribution in [1.29, 1.82) is 0 Å². The van der Waals surface area contributed by atoms with Gasteiger partial charge in [-0.25, -0.2) is 4.79 Å². The largest absolute Gasteiger partial charge is 0.491 e. The Morgan fingerprint density at radius 1 is 1.52 bits per heavy atom. The molecule has 7 nitrogen and oxygen atoms in total. The van der Waals surface area contributed by atoms with Gasteiger partial charge in [0.1, 0.15) is 17.9 Å². The van der Waals surface area contributed by atoms with Crippen molar-refractivity contribution in [3.05, 3.63) is 34.4 Å². The van der Waals surface area contributed by atoms with Gasteiger partial charge in [-0.05, 0) is 25.8 Å². The molecular formula is C14H18N2O5. The minimum absolute atomic E-state index is 0.0390. The molecule has 0 aliphatic heterocycles. The first-order valence-electron chi connectivity index (χ1n) is 6.68. The highest BCUT2D eigenvalue weighted by Gasteiger charge is 2.40. The maximum Gasteiger partial charge on any atom is 0.329 e. The number of hydrogen-bond donors (Lipinski definition) is 1. The SMILES string of the molecule is COC(=O)C(C)(COc1cccc([N+](=O)[O-])c1)NC1CC1. The highest BCUT2D eigenvalue weighted by Crippen LogP contribution is 2.25. The molecule has 21 heavy (non-hydrogen) atoms. The third kappa shape index (κ3) is 3.91. The summed E-state index contributed by atoms with van der Waals surface area (Å²) in [6, 6.07) is 6.16. The fraction of sp³-hybridized carbons (Fsp3) is 0.500. The normalized spacial score (nSPS) is 16.9. The lowest BCUT2D eigenvalue weighted by Crippen LogP contribution is -2.55. The minimum atomic E-state index is -0.972. The Bertz CT molecular complexity index is 544. The van der Waals surface area contributed by atoms with Gasteiger partial charge in [0.25, 0.3) is 5.69 Å². The predicted octanol–water partition coefficient (Wildman–Crippen LogP) is 1.66. The topological polar surface area (TPSA) is 90.7 Å². The van der Waals surface area contributed by atoms with Crippen molar-refractivity contribution in [2.75, 3.05) is 13.7 Å². The van der Waals surface area contributed by atoms with Crippen molar-refractivity contribution >= 4 is 11.7 Å². The number of carbonyl (C=O) groups is 1. The zero-order chi connectivity index (χ0) is 15.5. The Labute approximate surface area is 122 Å². The molecule has 0 amide bonds. The van der Waals surface area contributed by atoms with Crippen LogP contribution >= 0.6 is 0 Å². The second kappa shape index (κ2) is 6.09. The highest BCUT2D eigenvalue weighted by molar-refractivity contribution is 5.80. The summed E-state index contributed by atoms with van der Waals surface area (Å²) in [5.74, 6) is -0.0724. The van der Waals surface area contributed by atoms with Crippen LogP contribution in [-0.2, 0) is 9.53 Å². The van der Waals surface area contributed by atoms with Crippen LogP contribution in [0.4, 0.5) is 5.69 Å². The molecule has 0 heterocycles. The molecule has 2 rings (SSSR count). The molecule has 1 aromatic rings. The summed E-state index contributed by atoms with van der Waals surface area (Å²) in [5, 5.41) is 13.9. The van der Waals surface area contributed by atoms with Crippen LogP contribution in [0.15, 0.2) is 24.3 Å². The first-order valence-corrected chi connectivity index (χ1v) is 6.68. The van der Waals surface area contributed by atoms with E-state index in [0.717, 1.165) is 12.8 Å². The molecule has 1 aromatic carbocycles. The Hall–Kier alpha value is -2.15. The molecule has 0 radical (unpaired) electrons. The van der Waals surface area contributed by atoms with E-state index in [1.54, 1.807) is 13.0 Å². The number of nitro benzene ring substituents is 1. The molecule has 1 fully saturated rings. The second-order valence-electron chi connectivity index (χ2n) is 5.29. The van der Waals surface area contributed by atoms with Gasteiger partial charge in [-0.2, -0.15) is 0 Å². The average Bonchev–Trinajstić information content (AvgIpc) is 3.28. The molecule has 1 saturated carbocycles. The van der Waals surface area contributed by atoms with E-state index in [0.29, 0.717) is 11.8 Å². The van der Waals surface area contributed by atoms with E-state index >= 15 is 0 Å². The lowest BCUT2D eigenvalue weighted by atomic mass is 10.0. The molecule has 0 saturated heterocycles. The number of rotatable bonds is 7. The first kappa shape index (κ1) is 15.2. The third-order valence-corrected chi connectivity index (χ3v) is 3.29. The molecule has 0 spiro atoms. The maximum atomic E-state index is 11.9. The Morgan fingerprint density at radius 3 is 2.81 bits per heavy atom. The van der Waals surface area contributed by atoms with E-state index in [9.17, 15) is 14.9 Å². The number of ether oxygens (including phenoxy) is 2. The van der Waals surface area contributed by atoms with Crippen molar-refractivity contribution < 1.29 is 19.2 Å². The molecule has 1 aliphatic carbocycles.